The van der Waals surface area contributed by atoms with E-state index >= 15 is 0 Å². The molecule has 0 saturated carbocycles. The minimum atomic E-state index is -1.10. The lowest BCUT2D eigenvalue weighted by Crippen LogP contribution is -2.36. The van der Waals surface area contributed by atoms with E-state index in [-0.39, 0.29) is 18.0 Å². The zero-order valence-electron chi connectivity index (χ0n) is 11.4. The molecule has 0 saturated heterocycles. The average Bonchev–Trinajstić information content (AvgIpc) is 2.38. The van der Waals surface area contributed by atoms with Crippen molar-refractivity contribution >= 4 is 11.8 Å². The molecule has 1 radical (unpaired) electrons. The van der Waals surface area contributed by atoms with Gasteiger partial charge in [-0.1, -0.05) is 13.8 Å². The number of hydrogen-bond donors (Lipinski definition) is 2. The maximum Gasteiger partial charge on any atom is 0.251 e. The zero-order chi connectivity index (χ0) is 15.1. The summed E-state index contributed by atoms with van der Waals surface area (Å²) in [6, 6.07) is 2.80. The largest absolute Gasteiger partial charge is 0.350 e. The second kappa shape index (κ2) is 7.57. The molecule has 0 bridgehead atoms. The lowest BCUT2D eigenvalue weighted by Gasteiger charge is -2.08. The first-order valence-electron chi connectivity index (χ1n) is 6.24. The van der Waals surface area contributed by atoms with E-state index in [9.17, 15) is 18.4 Å². The van der Waals surface area contributed by atoms with Gasteiger partial charge < -0.3 is 10.6 Å². The van der Waals surface area contributed by atoms with E-state index in [1.54, 1.807) is 6.54 Å². The summed E-state index contributed by atoms with van der Waals surface area (Å²) in [6.45, 7) is 5.41. The first-order chi connectivity index (χ1) is 9.40. The first kappa shape index (κ1) is 16.1. The molecule has 0 aliphatic rings. The molecule has 1 rings (SSSR count). The molecule has 1 aromatic rings. The van der Waals surface area contributed by atoms with Crippen molar-refractivity contribution in [2.75, 3.05) is 6.54 Å². The minimum absolute atomic E-state index is 0.0390. The molecular weight excluding hydrogens is 266 g/mol. The number of carbonyl (C=O) groups excluding carboxylic acids is 2. The highest BCUT2D eigenvalue weighted by Crippen LogP contribution is 2.08. The van der Waals surface area contributed by atoms with Crippen LogP contribution >= 0.6 is 0 Å². The van der Waals surface area contributed by atoms with E-state index in [1.165, 1.54) is 0 Å². The molecule has 0 spiro atoms. The molecule has 0 unspecified atom stereocenters. The number of carbonyl (C=O) groups is 2. The lowest BCUT2D eigenvalue weighted by molar-refractivity contribution is -0.119. The summed E-state index contributed by atoms with van der Waals surface area (Å²) in [5.74, 6) is -2.72. The molecule has 0 aromatic heterocycles. The van der Waals surface area contributed by atoms with Crippen LogP contribution in [0, 0.1) is 24.1 Å². The maximum absolute atomic E-state index is 12.9. The van der Waals surface area contributed by atoms with Gasteiger partial charge in [0.05, 0.1) is 6.54 Å². The molecule has 0 aliphatic heterocycles. The fraction of sp³-hybridized carbons (Fsp3) is 0.357. The van der Waals surface area contributed by atoms with Crippen LogP contribution in [0.4, 0.5) is 8.78 Å². The van der Waals surface area contributed by atoms with Gasteiger partial charge in [-0.15, -0.1) is 0 Å². The van der Waals surface area contributed by atoms with Crippen molar-refractivity contribution in [3.8, 4) is 0 Å². The molecule has 0 heterocycles. The third kappa shape index (κ3) is 5.34. The molecule has 1 aromatic carbocycles. The smallest absolute Gasteiger partial charge is 0.251 e. The van der Waals surface area contributed by atoms with E-state index in [2.05, 4.69) is 10.6 Å². The van der Waals surface area contributed by atoms with Crippen LogP contribution in [0.3, 0.4) is 0 Å². The van der Waals surface area contributed by atoms with E-state index in [1.807, 2.05) is 13.8 Å². The summed E-state index contributed by atoms with van der Waals surface area (Å²) in [5.41, 5.74) is -0.0390. The summed E-state index contributed by atoms with van der Waals surface area (Å²) in [5, 5.41) is 4.85. The normalized spacial score (nSPS) is 10.4. The number of benzene rings is 1. The SMILES string of the molecule is CC(C)C[CH]NC(=O)CNC(=O)c1ccc(F)c(F)c1. The van der Waals surface area contributed by atoms with Gasteiger partial charge in [-0.05, 0) is 30.5 Å². The molecule has 6 heteroatoms. The van der Waals surface area contributed by atoms with Crippen LogP contribution in [0.2, 0.25) is 0 Å². The summed E-state index contributed by atoms with van der Waals surface area (Å²) in [7, 11) is 0. The predicted octanol–water partition coefficient (Wildman–Crippen LogP) is 2.02. The predicted molar refractivity (Wildman–Crippen MR) is 70.6 cm³/mol. The highest BCUT2D eigenvalue weighted by molar-refractivity contribution is 5.96. The Morgan fingerprint density at radius 2 is 1.95 bits per heavy atom. The number of hydrogen-bond acceptors (Lipinski definition) is 2. The van der Waals surface area contributed by atoms with Gasteiger partial charge in [0.2, 0.25) is 5.91 Å². The van der Waals surface area contributed by atoms with Gasteiger partial charge in [0, 0.05) is 12.1 Å². The first-order valence-corrected chi connectivity index (χ1v) is 6.24. The van der Waals surface area contributed by atoms with Crippen molar-refractivity contribution in [2.24, 2.45) is 5.92 Å². The van der Waals surface area contributed by atoms with Gasteiger partial charge in [-0.2, -0.15) is 0 Å². The van der Waals surface area contributed by atoms with Gasteiger partial charge in [0.25, 0.3) is 5.91 Å². The minimum Gasteiger partial charge on any atom is -0.350 e. The van der Waals surface area contributed by atoms with Crippen molar-refractivity contribution in [1.29, 1.82) is 0 Å². The third-order valence-corrected chi connectivity index (χ3v) is 2.44. The van der Waals surface area contributed by atoms with E-state index < -0.39 is 17.5 Å². The van der Waals surface area contributed by atoms with Crippen LogP contribution < -0.4 is 10.6 Å². The second-order valence-electron chi connectivity index (χ2n) is 4.71. The van der Waals surface area contributed by atoms with Gasteiger partial charge in [-0.25, -0.2) is 8.78 Å². The Morgan fingerprint density at radius 1 is 1.25 bits per heavy atom. The fourth-order valence-corrected chi connectivity index (χ4v) is 1.36. The number of nitrogens with one attached hydrogen (secondary N) is 2. The number of rotatable bonds is 6. The van der Waals surface area contributed by atoms with E-state index in [0.717, 1.165) is 24.6 Å². The Bertz CT molecular complexity index is 490. The molecule has 4 nitrogen and oxygen atoms in total. The van der Waals surface area contributed by atoms with Gasteiger partial charge >= 0.3 is 0 Å². The Labute approximate surface area is 116 Å². The lowest BCUT2D eigenvalue weighted by atomic mass is 10.1. The molecule has 0 fully saturated rings. The highest BCUT2D eigenvalue weighted by atomic mass is 19.2. The maximum atomic E-state index is 12.9. The number of halogens is 2. The summed E-state index contributed by atoms with van der Waals surface area (Å²) in [4.78, 5) is 23.0. The molecule has 0 atom stereocenters. The zero-order valence-corrected chi connectivity index (χ0v) is 11.4. The molecule has 20 heavy (non-hydrogen) atoms. The summed E-state index contributed by atoms with van der Waals surface area (Å²) in [6.07, 6.45) is 0.725. The van der Waals surface area contributed by atoms with Crippen molar-refractivity contribution in [3.05, 3.63) is 41.9 Å². The van der Waals surface area contributed by atoms with Crippen molar-refractivity contribution in [2.45, 2.75) is 20.3 Å². The molecular formula is C14H17F2N2O2. The standard InChI is InChI=1S/C14H17F2N2O2/c1-9(2)5-6-17-13(19)8-18-14(20)10-3-4-11(15)12(16)7-10/h3-4,6-7,9H,5,8H2,1-2H3,(H,17,19)(H,18,20). The van der Waals surface area contributed by atoms with Crippen molar-refractivity contribution < 1.29 is 18.4 Å². The Hall–Kier alpha value is -1.98. The summed E-state index contributed by atoms with van der Waals surface area (Å²) >= 11 is 0. The Balaban J connectivity index is 2.39. The van der Waals surface area contributed by atoms with Crippen LogP contribution in [0.25, 0.3) is 0 Å². The van der Waals surface area contributed by atoms with Crippen LogP contribution in [-0.2, 0) is 4.79 Å². The molecule has 2 amide bonds. The monoisotopic (exact) mass is 283 g/mol. The van der Waals surface area contributed by atoms with Crippen LogP contribution in [0.5, 0.6) is 0 Å². The van der Waals surface area contributed by atoms with Gasteiger partial charge in [0.1, 0.15) is 0 Å². The van der Waals surface area contributed by atoms with E-state index in [4.69, 9.17) is 0 Å². The molecule has 109 valence electrons. The summed E-state index contributed by atoms with van der Waals surface area (Å²) < 4.78 is 25.6. The number of amides is 2. The Kier molecular flexibility index (Phi) is 6.09. The average molecular weight is 283 g/mol. The van der Waals surface area contributed by atoms with Gasteiger partial charge in [-0.3, -0.25) is 9.59 Å². The van der Waals surface area contributed by atoms with Gasteiger partial charge in [0.15, 0.2) is 11.6 Å². The Morgan fingerprint density at radius 3 is 2.55 bits per heavy atom. The quantitative estimate of drug-likeness (QED) is 0.839. The second-order valence-corrected chi connectivity index (χ2v) is 4.71. The van der Waals surface area contributed by atoms with Crippen LogP contribution in [0.15, 0.2) is 18.2 Å². The topological polar surface area (TPSA) is 58.2 Å². The van der Waals surface area contributed by atoms with Crippen molar-refractivity contribution in [3.63, 3.8) is 0 Å². The van der Waals surface area contributed by atoms with Crippen molar-refractivity contribution in [1.82, 2.24) is 10.6 Å². The highest BCUT2D eigenvalue weighted by Gasteiger charge is 2.11. The third-order valence-electron chi connectivity index (χ3n) is 2.44. The van der Waals surface area contributed by atoms with Crippen LogP contribution in [0.1, 0.15) is 30.6 Å². The fourth-order valence-electron chi connectivity index (χ4n) is 1.36. The molecule has 2 N–H and O–H groups in total. The molecule has 0 aliphatic carbocycles. The van der Waals surface area contributed by atoms with E-state index in [0.29, 0.717) is 5.92 Å². The van der Waals surface area contributed by atoms with Crippen LogP contribution in [-0.4, -0.2) is 18.4 Å².